The number of nitrogens with two attached hydrogens (primary N) is 3. The fraction of sp³-hybridized carbons (Fsp3) is 0.650. The van der Waals surface area contributed by atoms with Crippen LogP contribution in [0.3, 0.4) is 0 Å². The number of hydrogen-bond acceptors (Lipinski definition) is 14. The van der Waals surface area contributed by atoms with Crippen molar-refractivity contribution in [2.24, 2.45) is 35.0 Å². The predicted molar refractivity (Wildman–Crippen MR) is 317 cm³/mol. The van der Waals surface area contributed by atoms with E-state index in [0.717, 1.165) is 37.5 Å². The molecule has 3 aromatic carbocycles. The molecule has 0 saturated carbocycles. The summed E-state index contributed by atoms with van der Waals surface area (Å²) < 4.78 is 203. The number of methoxy groups -OCH3 is 1. The number of nitrogens with zero attached hydrogens (tertiary/aromatic N) is 3. The molecule has 4 atom stereocenters. The van der Waals surface area contributed by atoms with Gasteiger partial charge in [-0.2, -0.15) is 0 Å². The number of carbonyl (C=O) groups excluding carboxylic acids is 3. The van der Waals surface area contributed by atoms with Gasteiger partial charge in [0.25, 0.3) is 0 Å². The lowest BCUT2D eigenvalue weighted by Gasteiger charge is -2.35. The molecule has 17 nitrogen and oxygen atoms in total. The molecule has 0 aliphatic carbocycles. The van der Waals surface area contributed by atoms with Crippen molar-refractivity contribution >= 4 is 47.2 Å². The molecular formula is C60H85F9N6O11S3. The minimum atomic E-state index is -3.55. The average molecular weight is 1330 g/mol. The molecule has 3 aromatic rings. The molecule has 7 rings (SSSR count). The van der Waals surface area contributed by atoms with E-state index in [1.54, 1.807) is 30.6 Å². The van der Waals surface area contributed by atoms with Crippen LogP contribution in [-0.2, 0) is 72.6 Å². The minimum Gasteiger partial charge on any atom is -0.384 e. The van der Waals surface area contributed by atoms with E-state index in [0.29, 0.717) is 103 Å². The third-order valence-electron chi connectivity index (χ3n) is 16.9. The lowest BCUT2D eigenvalue weighted by molar-refractivity contribution is -0.133. The first kappa shape index (κ1) is 74.8. The van der Waals surface area contributed by atoms with Gasteiger partial charge in [0.15, 0.2) is 64.4 Å². The van der Waals surface area contributed by atoms with Crippen LogP contribution in [-0.4, -0.2) is 175 Å². The van der Waals surface area contributed by atoms with E-state index in [1.807, 2.05) is 0 Å². The Labute approximate surface area is 516 Å². The van der Waals surface area contributed by atoms with E-state index in [2.05, 4.69) is 0 Å². The number of amides is 3. The first-order chi connectivity index (χ1) is 41.6. The van der Waals surface area contributed by atoms with E-state index in [9.17, 15) is 79.2 Å². The van der Waals surface area contributed by atoms with Gasteiger partial charge in [0, 0.05) is 102 Å². The van der Waals surface area contributed by atoms with Crippen LogP contribution in [0.4, 0.5) is 39.5 Å². The van der Waals surface area contributed by atoms with Crippen molar-refractivity contribution in [3.63, 3.8) is 0 Å². The number of halogens is 9. The molecule has 4 aliphatic heterocycles. The molecule has 3 amide bonds. The van der Waals surface area contributed by atoms with Crippen molar-refractivity contribution in [3.05, 3.63) is 105 Å². The summed E-state index contributed by atoms with van der Waals surface area (Å²) in [7, 11) is -8.84. The highest BCUT2D eigenvalue weighted by Crippen LogP contribution is 2.29. The van der Waals surface area contributed by atoms with Gasteiger partial charge in [-0.3, -0.25) is 14.4 Å². The summed E-state index contributed by atoms with van der Waals surface area (Å²) in [5.74, 6) is -11.6. The molecule has 29 heteroatoms. The monoisotopic (exact) mass is 1330 g/mol. The Bertz CT molecular complexity index is 3210. The molecule has 4 saturated heterocycles. The summed E-state index contributed by atoms with van der Waals surface area (Å²) in [6, 6.07) is 2.63. The number of likely N-dealkylation sites (tertiary alicyclic amines) is 3. The first-order valence-electron chi connectivity index (χ1n) is 29.8. The second-order valence-corrected chi connectivity index (χ2v) is 31.7. The van der Waals surface area contributed by atoms with Crippen LogP contribution >= 0.6 is 0 Å². The summed E-state index contributed by atoms with van der Waals surface area (Å²) >= 11 is 0. The topological polar surface area (TPSA) is 260 Å². The second kappa shape index (κ2) is 33.6. The summed E-state index contributed by atoms with van der Waals surface area (Å²) in [6.45, 7) is 7.78. The Morgan fingerprint density at radius 3 is 1.17 bits per heavy atom. The van der Waals surface area contributed by atoms with Gasteiger partial charge in [-0.1, -0.05) is 0 Å². The Balaban J connectivity index is 0.000000244. The summed E-state index contributed by atoms with van der Waals surface area (Å²) in [6.07, 6.45) is 5.81. The first-order valence-corrected chi connectivity index (χ1v) is 35.1. The number of hydrogen-bond donors (Lipinski definition) is 3. The molecule has 89 heavy (non-hydrogen) atoms. The molecule has 502 valence electrons. The van der Waals surface area contributed by atoms with Crippen molar-refractivity contribution in [3.8, 4) is 0 Å². The Hall–Kier alpha value is -4.91. The lowest BCUT2D eigenvalue weighted by Crippen LogP contribution is -2.47. The quantitative estimate of drug-likeness (QED) is 0.0701. The van der Waals surface area contributed by atoms with Gasteiger partial charge < -0.3 is 41.4 Å². The molecule has 6 N–H and O–H groups in total. The van der Waals surface area contributed by atoms with Gasteiger partial charge in [-0.05, 0) is 150 Å². The lowest BCUT2D eigenvalue weighted by atomic mass is 9.86. The third kappa shape index (κ3) is 23.3. The highest BCUT2D eigenvalue weighted by molar-refractivity contribution is 7.93. The summed E-state index contributed by atoms with van der Waals surface area (Å²) in [4.78, 5) is 41.8. The van der Waals surface area contributed by atoms with Crippen LogP contribution in [0.1, 0.15) is 108 Å². The fourth-order valence-corrected chi connectivity index (χ4v) is 14.6. The van der Waals surface area contributed by atoms with Gasteiger partial charge in [-0.15, -0.1) is 0 Å². The number of sulfone groups is 3. The van der Waals surface area contributed by atoms with E-state index >= 15 is 0 Å². The third-order valence-corrected chi connectivity index (χ3v) is 22.8. The number of piperidine rings is 3. The van der Waals surface area contributed by atoms with Crippen molar-refractivity contribution in [1.29, 1.82) is 0 Å². The van der Waals surface area contributed by atoms with Gasteiger partial charge in [0.05, 0.1) is 40.5 Å². The van der Waals surface area contributed by atoms with Gasteiger partial charge in [-0.25, -0.2) is 64.8 Å². The molecule has 0 spiro atoms. The molecule has 0 bridgehead atoms. The molecule has 0 aromatic heterocycles. The maximum absolute atomic E-state index is 13.9. The molecule has 4 fully saturated rings. The maximum atomic E-state index is 13.9. The Morgan fingerprint density at radius 1 is 0.506 bits per heavy atom. The van der Waals surface area contributed by atoms with Crippen LogP contribution in [0.15, 0.2) is 36.4 Å². The highest BCUT2D eigenvalue weighted by Gasteiger charge is 2.36. The van der Waals surface area contributed by atoms with E-state index < -0.39 is 116 Å². The highest BCUT2D eigenvalue weighted by atomic mass is 32.2. The van der Waals surface area contributed by atoms with Crippen molar-refractivity contribution in [1.82, 2.24) is 14.7 Å². The zero-order chi connectivity index (χ0) is 66.2. The second-order valence-electron chi connectivity index (χ2n) is 24.5. The Kier molecular flexibility index (Phi) is 28.2. The molecule has 4 heterocycles. The fourth-order valence-electron chi connectivity index (χ4n) is 11.0. The average Bonchev–Trinajstić information content (AvgIpc) is 3.54. The number of benzene rings is 3. The Morgan fingerprint density at radius 2 is 0.843 bits per heavy atom. The van der Waals surface area contributed by atoms with Crippen molar-refractivity contribution in [2.45, 2.75) is 140 Å². The number of ether oxygens (including phenoxy) is 2. The van der Waals surface area contributed by atoms with Crippen LogP contribution in [0.5, 0.6) is 0 Å². The summed E-state index contributed by atoms with van der Waals surface area (Å²) in [5, 5.41) is 0. The zero-order valence-electron chi connectivity index (χ0n) is 50.8. The maximum Gasteiger partial charge on any atom is 0.237 e. The standard InChI is InChI=1S/C22H31F3N2O4S.C19H27F3N2O4S.C19H27F3N2O3S/c23-18-13-20(25)19(24)11-16(18)12-21(26)15-4-7-27(8-5-15)22(28)6-10-32(29,30)14-17-3-1-2-9-31-17;1-28-7-9-29(26,27)8-4-19(25)24-5-2-13(3-6-24)18(23)11-14-10-16(21)17(22)12-15(14)20;1-19(2,3)28(26,27)11-18(25)24-6-4-12(5-7-24)17(23)9-13-8-15(21)16(22)10-14(13)20/h11,13,15,17,21H,1-10,12,14,26H2;10,12-13,18H,2-9,11,23H2,1H3;8,10,12,17H,4-7,9,11,23H2,1-3H3/t17?,21-;18-;17-/m111/s1. The van der Waals surface area contributed by atoms with Gasteiger partial charge >= 0.3 is 0 Å². The molecule has 4 aliphatic rings. The number of rotatable bonds is 22. The molecule has 1 unspecified atom stereocenters. The smallest absolute Gasteiger partial charge is 0.237 e. The van der Waals surface area contributed by atoms with E-state index in [-0.39, 0.29) is 114 Å². The normalized spacial score (nSPS) is 18.7. The summed E-state index contributed by atoms with van der Waals surface area (Å²) in [5.41, 5.74) is 18.5. The van der Waals surface area contributed by atoms with Crippen LogP contribution in [0.25, 0.3) is 0 Å². The molecular weight excluding hydrogens is 1250 g/mol. The SMILES string of the molecule is CC(C)(C)S(=O)(=O)CC(=O)N1CCC([C@H](N)Cc2cc(F)c(F)cc2F)CC1.COCCS(=O)(=O)CCC(=O)N1CCC([C@H](N)Cc2cc(F)c(F)cc2F)CC1.N[C@H](Cc1cc(F)c(F)cc1F)C1CCN(C(=O)CCS(=O)(=O)CC2CCCCO2)CC1. The van der Waals surface area contributed by atoms with Crippen molar-refractivity contribution < 1.29 is 88.6 Å². The predicted octanol–water partition coefficient (Wildman–Crippen LogP) is 6.68. The van der Waals surface area contributed by atoms with E-state index in [4.69, 9.17) is 26.7 Å². The van der Waals surface area contributed by atoms with Crippen LogP contribution in [0.2, 0.25) is 0 Å². The van der Waals surface area contributed by atoms with Crippen LogP contribution in [0, 0.1) is 70.1 Å². The molecule has 0 radical (unpaired) electrons. The van der Waals surface area contributed by atoms with E-state index in [1.165, 1.54) is 12.0 Å². The number of carbonyl (C=O) groups is 3. The zero-order valence-corrected chi connectivity index (χ0v) is 53.2. The van der Waals surface area contributed by atoms with Crippen molar-refractivity contribution in [2.75, 3.05) is 88.4 Å². The van der Waals surface area contributed by atoms with Crippen LogP contribution < -0.4 is 17.2 Å². The van der Waals surface area contributed by atoms with Gasteiger partial charge in [0.1, 0.15) is 23.2 Å². The largest absolute Gasteiger partial charge is 0.384 e. The van der Waals surface area contributed by atoms with Gasteiger partial charge in [0.2, 0.25) is 17.7 Å². The minimum absolute atomic E-state index is 0.00116.